The van der Waals surface area contributed by atoms with Crippen molar-refractivity contribution in [3.8, 4) is 11.1 Å². The van der Waals surface area contributed by atoms with Crippen molar-refractivity contribution in [3.63, 3.8) is 0 Å². The third-order valence-electron chi connectivity index (χ3n) is 2.69. The highest BCUT2D eigenvalue weighted by molar-refractivity contribution is 6.42. The number of rotatable bonds is 2. The fourth-order valence-corrected chi connectivity index (χ4v) is 2.20. The molecule has 0 amide bonds. The van der Waals surface area contributed by atoms with Crippen molar-refractivity contribution >= 4 is 29.0 Å². The van der Waals surface area contributed by atoms with Crippen molar-refractivity contribution in [2.75, 3.05) is 5.73 Å². The predicted molar refractivity (Wildman–Crippen MR) is 79.5 cm³/mol. The van der Waals surface area contributed by atoms with E-state index in [9.17, 15) is 0 Å². The molecule has 0 aliphatic heterocycles. The minimum absolute atomic E-state index is 0.0803. The molecule has 0 unspecified atom stereocenters. The Hall–Kier alpha value is -1.19. The molecule has 0 radical (unpaired) electrons. The SMILES string of the molecule is CC(C)(C)Cc1onc(N)c1-c1ccc(Cl)c(Cl)c1. The second-order valence-corrected chi connectivity index (χ2v) is 6.55. The second-order valence-electron chi connectivity index (χ2n) is 5.73. The molecule has 0 fully saturated rings. The molecule has 3 nitrogen and oxygen atoms in total. The molecule has 1 aromatic heterocycles. The number of hydrogen-bond acceptors (Lipinski definition) is 3. The number of anilines is 1. The van der Waals surface area contributed by atoms with Crippen molar-refractivity contribution < 1.29 is 4.52 Å². The van der Waals surface area contributed by atoms with Gasteiger partial charge in [0.05, 0.1) is 15.6 Å². The van der Waals surface area contributed by atoms with Gasteiger partial charge in [0.25, 0.3) is 0 Å². The molecular weight excluding hydrogens is 283 g/mol. The average Bonchev–Trinajstić information content (AvgIpc) is 2.62. The van der Waals surface area contributed by atoms with Crippen LogP contribution in [0.2, 0.25) is 10.0 Å². The van der Waals surface area contributed by atoms with E-state index in [-0.39, 0.29) is 5.41 Å². The quantitative estimate of drug-likeness (QED) is 0.865. The summed E-state index contributed by atoms with van der Waals surface area (Å²) in [5, 5.41) is 4.86. The Morgan fingerprint density at radius 2 is 1.89 bits per heavy atom. The lowest BCUT2D eigenvalue weighted by molar-refractivity contribution is 0.322. The molecule has 2 rings (SSSR count). The van der Waals surface area contributed by atoms with Gasteiger partial charge in [0, 0.05) is 6.42 Å². The minimum atomic E-state index is 0.0803. The highest BCUT2D eigenvalue weighted by Gasteiger charge is 2.22. The van der Waals surface area contributed by atoms with Gasteiger partial charge in [-0.2, -0.15) is 0 Å². The summed E-state index contributed by atoms with van der Waals surface area (Å²) in [5.74, 6) is 1.14. The minimum Gasteiger partial charge on any atom is -0.380 e. The summed E-state index contributed by atoms with van der Waals surface area (Å²) < 4.78 is 5.34. The topological polar surface area (TPSA) is 52.0 Å². The Morgan fingerprint density at radius 1 is 1.21 bits per heavy atom. The molecule has 0 aliphatic carbocycles. The maximum Gasteiger partial charge on any atom is 0.175 e. The van der Waals surface area contributed by atoms with Crippen LogP contribution in [0.4, 0.5) is 5.82 Å². The molecule has 2 N–H and O–H groups in total. The monoisotopic (exact) mass is 298 g/mol. The summed E-state index contributed by atoms with van der Waals surface area (Å²) in [6, 6.07) is 5.38. The van der Waals surface area contributed by atoms with Crippen molar-refractivity contribution in [1.82, 2.24) is 5.16 Å². The van der Waals surface area contributed by atoms with Gasteiger partial charge in [-0.25, -0.2) is 0 Å². The van der Waals surface area contributed by atoms with Crippen LogP contribution in [0, 0.1) is 5.41 Å². The first kappa shape index (κ1) is 14.2. The standard InChI is InChI=1S/C14H16Cl2N2O/c1-14(2,3)7-11-12(13(17)18-19-11)8-4-5-9(15)10(16)6-8/h4-6H,7H2,1-3H3,(H2,17,18). The van der Waals surface area contributed by atoms with E-state index < -0.39 is 0 Å². The van der Waals surface area contributed by atoms with E-state index >= 15 is 0 Å². The molecule has 19 heavy (non-hydrogen) atoms. The van der Waals surface area contributed by atoms with Crippen LogP contribution >= 0.6 is 23.2 Å². The van der Waals surface area contributed by atoms with Gasteiger partial charge < -0.3 is 10.3 Å². The largest absolute Gasteiger partial charge is 0.380 e. The molecule has 0 saturated heterocycles. The van der Waals surface area contributed by atoms with Crippen molar-refractivity contribution in [2.24, 2.45) is 5.41 Å². The molecule has 1 heterocycles. The van der Waals surface area contributed by atoms with Crippen LogP contribution in [0.3, 0.4) is 0 Å². The summed E-state index contributed by atoms with van der Waals surface area (Å²) in [4.78, 5) is 0. The van der Waals surface area contributed by atoms with Crippen LogP contribution < -0.4 is 5.73 Å². The van der Waals surface area contributed by atoms with Gasteiger partial charge in [0.15, 0.2) is 5.82 Å². The lowest BCUT2D eigenvalue weighted by Gasteiger charge is -2.16. The summed E-state index contributed by atoms with van der Waals surface area (Å²) in [6.07, 6.45) is 0.743. The zero-order valence-electron chi connectivity index (χ0n) is 11.1. The number of halogens is 2. The third-order valence-corrected chi connectivity index (χ3v) is 3.43. The van der Waals surface area contributed by atoms with E-state index in [0.717, 1.165) is 23.3 Å². The zero-order chi connectivity index (χ0) is 14.2. The first-order valence-electron chi connectivity index (χ1n) is 5.97. The maximum atomic E-state index is 6.04. The number of hydrogen-bond donors (Lipinski definition) is 1. The molecule has 2 aromatic rings. The van der Waals surface area contributed by atoms with Crippen molar-refractivity contribution in [2.45, 2.75) is 27.2 Å². The summed E-state index contributed by atoms with van der Waals surface area (Å²) in [7, 11) is 0. The van der Waals surface area contributed by atoms with Gasteiger partial charge >= 0.3 is 0 Å². The van der Waals surface area contributed by atoms with E-state index in [1.807, 2.05) is 6.07 Å². The summed E-state index contributed by atoms with van der Waals surface area (Å²) >= 11 is 12.0. The van der Waals surface area contributed by atoms with Gasteiger partial charge in [-0.05, 0) is 23.1 Å². The lowest BCUT2D eigenvalue weighted by atomic mass is 9.88. The molecule has 5 heteroatoms. The Kier molecular flexibility index (Phi) is 3.79. The van der Waals surface area contributed by atoms with Crippen LogP contribution in [-0.4, -0.2) is 5.16 Å². The highest BCUT2D eigenvalue weighted by Crippen LogP contribution is 2.36. The first-order chi connectivity index (χ1) is 8.78. The van der Waals surface area contributed by atoms with E-state index in [1.54, 1.807) is 12.1 Å². The number of nitrogens with two attached hydrogens (primary N) is 1. The highest BCUT2D eigenvalue weighted by atomic mass is 35.5. The summed E-state index contributed by atoms with van der Waals surface area (Å²) in [5.41, 5.74) is 7.65. The smallest absolute Gasteiger partial charge is 0.175 e. The number of nitrogen functional groups attached to an aromatic ring is 1. The fourth-order valence-electron chi connectivity index (χ4n) is 1.90. The van der Waals surface area contributed by atoms with E-state index in [1.165, 1.54) is 0 Å². The molecule has 0 saturated carbocycles. The average molecular weight is 299 g/mol. The number of aromatic nitrogens is 1. The Bertz CT molecular complexity index is 600. The van der Waals surface area contributed by atoms with Gasteiger partial charge in [-0.1, -0.05) is 55.2 Å². The zero-order valence-corrected chi connectivity index (χ0v) is 12.6. The predicted octanol–water partition coefficient (Wildman–Crippen LogP) is 4.82. The van der Waals surface area contributed by atoms with E-state index in [0.29, 0.717) is 15.9 Å². The molecule has 1 aromatic carbocycles. The van der Waals surface area contributed by atoms with Crippen LogP contribution in [0.5, 0.6) is 0 Å². The summed E-state index contributed by atoms with van der Waals surface area (Å²) in [6.45, 7) is 6.39. The molecular formula is C14H16Cl2N2O. The Morgan fingerprint density at radius 3 is 2.47 bits per heavy atom. The maximum absolute atomic E-state index is 6.04. The van der Waals surface area contributed by atoms with Crippen molar-refractivity contribution in [1.29, 1.82) is 0 Å². The molecule has 0 bridgehead atoms. The first-order valence-corrected chi connectivity index (χ1v) is 6.73. The van der Waals surface area contributed by atoms with Crippen LogP contribution in [0.25, 0.3) is 11.1 Å². The van der Waals surface area contributed by atoms with Gasteiger partial charge in [0.2, 0.25) is 0 Å². The second kappa shape index (κ2) is 5.06. The van der Waals surface area contributed by atoms with Crippen LogP contribution in [0.15, 0.2) is 22.7 Å². The van der Waals surface area contributed by atoms with Crippen LogP contribution in [-0.2, 0) is 6.42 Å². The lowest BCUT2D eigenvalue weighted by Crippen LogP contribution is -2.09. The normalized spacial score (nSPS) is 11.8. The molecule has 0 atom stereocenters. The van der Waals surface area contributed by atoms with E-state index in [2.05, 4.69) is 25.9 Å². The third kappa shape index (κ3) is 3.23. The van der Waals surface area contributed by atoms with Crippen LogP contribution in [0.1, 0.15) is 26.5 Å². The number of benzene rings is 1. The fraction of sp³-hybridized carbons (Fsp3) is 0.357. The number of nitrogens with zero attached hydrogens (tertiary/aromatic N) is 1. The Balaban J connectivity index is 2.49. The van der Waals surface area contributed by atoms with Gasteiger partial charge in [-0.15, -0.1) is 0 Å². The van der Waals surface area contributed by atoms with Gasteiger partial charge in [0.1, 0.15) is 5.76 Å². The molecule has 0 spiro atoms. The Labute approximate surface area is 122 Å². The van der Waals surface area contributed by atoms with Gasteiger partial charge in [-0.3, -0.25) is 0 Å². The van der Waals surface area contributed by atoms with Crippen molar-refractivity contribution in [3.05, 3.63) is 34.0 Å². The molecule has 102 valence electrons. The molecule has 0 aliphatic rings. The van der Waals surface area contributed by atoms with E-state index in [4.69, 9.17) is 33.5 Å².